The van der Waals surface area contributed by atoms with E-state index in [1.807, 2.05) is 0 Å². The van der Waals surface area contributed by atoms with Crippen molar-refractivity contribution in [2.24, 2.45) is 5.92 Å². The summed E-state index contributed by atoms with van der Waals surface area (Å²) in [5, 5.41) is 13.3. The fraction of sp³-hybridized carbons (Fsp3) is 1.00. The Morgan fingerprint density at radius 3 is 2.41 bits per heavy atom. The molecule has 1 rings (SSSR count). The second kappa shape index (κ2) is 6.72. The highest BCUT2D eigenvalue weighted by Gasteiger charge is 2.45. The Kier molecular flexibility index (Phi) is 5.90. The molecular formula is C14H29NO2. The van der Waals surface area contributed by atoms with E-state index in [0.29, 0.717) is 24.7 Å². The van der Waals surface area contributed by atoms with Crippen molar-refractivity contribution >= 4 is 0 Å². The molecule has 0 aliphatic heterocycles. The van der Waals surface area contributed by atoms with Gasteiger partial charge in [-0.05, 0) is 32.1 Å². The van der Waals surface area contributed by atoms with Crippen molar-refractivity contribution in [1.29, 1.82) is 0 Å². The van der Waals surface area contributed by atoms with E-state index in [0.717, 1.165) is 12.8 Å². The van der Waals surface area contributed by atoms with Gasteiger partial charge in [0.25, 0.3) is 0 Å². The molecule has 0 aromatic heterocycles. The molecule has 2 N–H and O–H groups in total. The Labute approximate surface area is 106 Å². The standard InChI is InChI=1S/C14H29NO2/c1-5-6-12(4)17-10-14(9-16,13-7-8-13)15-11(2)3/h11-13,15-16H,5-10H2,1-4H3. The highest BCUT2D eigenvalue weighted by molar-refractivity contribution is 5.01. The van der Waals surface area contributed by atoms with Gasteiger partial charge in [0.15, 0.2) is 0 Å². The van der Waals surface area contributed by atoms with Crippen molar-refractivity contribution in [1.82, 2.24) is 5.32 Å². The van der Waals surface area contributed by atoms with Crippen molar-refractivity contribution in [2.45, 2.75) is 71.1 Å². The maximum absolute atomic E-state index is 9.74. The zero-order chi connectivity index (χ0) is 12.9. The van der Waals surface area contributed by atoms with E-state index in [1.165, 1.54) is 12.8 Å². The van der Waals surface area contributed by atoms with E-state index in [-0.39, 0.29) is 12.1 Å². The molecule has 0 radical (unpaired) electrons. The van der Waals surface area contributed by atoms with E-state index in [9.17, 15) is 5.11 Å². The van der Waals surface area contributed by atoms with Gasteiger partial charge < -0.3 is 15.2 Å². The lowest BCUT2D eigenvalue weighted by Crippen LogP contribution is -2.57. The first-order valence-corrected chi connectivity index (χ1v) is 7.04. The maximum atomic E-state index is 9.74. The summed E-state index contributed by atoms with van der Waals surface area (Å²) in [4.78, 5) is 0. The normalized spacial score (nSPS) is 21.5. The quantitative estimate of drug-likeness (QED) is 0.653. The number of rotatable bonds is 9. The van der Waals surface area contributed by atoms with Crippen molar-refractivity contribution in [2.75, 3.05) is 13.2 Å². The third kappa shape index (κ3) is 4.57. The van der Waals surface area contributed by atoms with Gasteiger partial charge in [-0.2, -0.15) is 0 Å². The minimum atomic E-state index is -0.212. The third-order valence-electron chi connectivity index (χ3n) is 3.54. The van der Waals surface area contributed by atoms with Crippen LogP contribution in [-0.2, 0) is 4.74 Å². The van der Waals surface area contributed by atoms with E-state index in [2.05, 4.69) is 33.0 Å². The Morgan fingerprint density at radius 2 is 2.00 bits per heavy atom. The minimum absolute atomic E-state index is 0.175. The van der Waals surface area contributed by atoms with Gasteiger partial charge in [-0.25, -0.2) is 0 Å². The van der Waals surface area contributed by atoms with Crippen molar-refractivity contribution in [3.05, 3.63) is 0 Å². The first-order valence-electron chi connectivity index (χ1n) is 7.04. The molecule has 3 nitrogen and oxygen atoms in total. The number of hydrogen-bond donors (Lipinski definition) is 2. The van der Waals surface area contributed by atoms with Gasteiger partial charge in [0.2, 0.25) is 0 Å². The van der Waals surface area contributed by atoms with Crippen LogP contribution in [0.4, 0.5) is 0 Å². The van der Waals surface area contributed by atoms with E-state index in [1.54, 1.807) is 0 Å². The van der Waals surface area contributed by atoms with Crippen LogP contribution in [0.3, 0.4) is 0 Å². The van der Waals surface area contributed by atoms with Gasteiger partial charge in [-0.1, -0.05) is 27.2 Å². The lowest BCUT2D eigenvalue weighted by atomic mass is 9.94. The monoisotopic (exact) mass is 243 g/mol. The number of ether oxygens (including phenoxy) is 1. The number of nitrogens with one attached hydrogen (secondary N) is 1. The van der Waals surface area contributed by atoms with Gasteiger partial charge in [0.05, 0.1) is 24.9 Å². The second-order valence-corrected chi connectivity index (χ2v) is 5.80. The Hall–Kier alpha value is -0.120. The Balaban J connectivity index is 2.50. The molecule has 102 valence electrons. The summed E-state index contributed by atoms with van der Waals surface area (Å²) in [5.74, 6) is 0.587. The first-order chi connectivity index (χ1) is 8.04. The second-order valence-electron chi connectivity index (χ2n) is 5.80. The van der Waals surface area contributed by atoms with Gasteiger partial charge in [0.1, 0.15) is 0 Å². The van der Waals surface area contributed by atoms with Crippen LogP contribution in [0, 0.1) is 5.92 Å². The first kappa shape index (κ1) is 14.9. The summed E-state index contributed by atoms with van der Waals surface area (Å²) in [6.45, 7) is 9.35. The zero-order valence-corrected chi connectivity index (χ0v) is 11.8. The molecule has 2 unspecified atom stereocenters. The maximum Gasteiger partial charge on any atom is 0.0681 e. The molecule has 2 atom stereocenters. The SMILES string of the molecule is CCCC(C)OCC(CO)(NC(C)C)C1CC1. The summed E-state index contributed by atoms with van der Waals surface area (Å²) in [7, 11) is 0. The molecule has 1 aliphatic carbocycles. The highest BCUT2D eigenvalue weighted by atomic mass is 16.5. The van der Waals surface area contributed by atoms with Crippen LogP contribution < -0.4 is 5.32 Å². The molecule has 0 saturated heterocycles. The van der Waals surface area contributed by atoms with Crippen LogP contribution in [0.1, 0.15) is 53.4 Å². The predicted octanol–water partition coefficient (Wildman–Crippen LogP) is 2.33. The highest BCUT2D eigenvalue weighted by Crippen LogP contribution is 2.40. The number of hydrogen-bond acceptors (Lipinski definition) is 3. The van der Waals surface area contributed by atoms with E-state index >= 15 is 0 Å². The van der Waals surface area contributed by atoms with E-state index in [4.69, 9.17) is 4.74 Å². The lowest BCUT2D eigenvalue weighted by molar-refractivity contribution is -0.0173. The molecule has 1 fully saturated rings. The van der Waals surface area contributed by atoms with Gasteiger partial charge >= 0.3 is 0 Å². The van der Waals surface area contributed by atoms with Crippen LogP contribution in [0.25, 0.3) is 0 Å². The summed E-state index contributed by atoms with van der Waals surface area (Å²) in [5.41, 5.74) is -0.212. The Bertz CT molecular complexity index is 216. The van der Waals surface area contributed by atoms with Crippen molar-refractivity contribution in [3.63, 3.8) is 0 Å². The molecule has 1 aliphatic rings. The largest absolute Gasteiger partial charge is 0.394 e. The molecule has 3 heteroatoms. The van der Waals surface area contributed by atoms with Crippen molar-refractivity contribution < 1.29 is 9.84 Å². The molecule has 0 amide bonds. The smallest absolute Gasteiger partial charge is 0.0681 e. The summed E-state index contributed by atoms with van der Waals surface area (Å²) in [6.07, 6.45) is 4.96. The summed E-state index contributed by atoms with van der Waals surface area (Å²) < 4.78 is 5.92. The van der Waals surface area contributed by atoms with Gasteiger partial charge in [0, 0.05) is 6.04 Å². The molecule has 0 bridgehead atoms. The molecular weight excluding hydrogens is 214 g/mol. The Morgan fingerprint density at radius 1 is 1.35 bits per heavy atom. The molecule has 0 heterocycles. The molecule has 17 heavy (non-hydrogen) atoms. The molecule has 0 aromatic rings. The van der Waals surface area contributed by atoms with Crippen LogP contribution in [0.2, 0.25) is 0 Å². The molecule has 0 spiro atoms. The predicted molar refractivity (Wildman–Crippen MR) is 71.1 cm³/mol. The van der Waals surface area contributed by atoms with Gasteiger partial charge in [-0.15, -0.1) is 0 Å². The minimum Gasteiger partial charge on any atom is -0.394 e. The fourth-order valence-electron chi connectivity index (χ4n) is 2.49. The molecule has 0 aromatic carbocycles. The van der Waals surface area contributed by atoms with Gasteiger partial charge in [-0.3, -0.25) is 0 Å². The van der Waals surface area contributed by atoms with E-state index < -0.39 is 0 Å². The van der Waals surface area contributed by atoms with Crippen LogP contribution in [0.5, 0.6) is 0 Å². The lowest BCUT2D eigenvalue weighted by Gasteiger charge is -2.36. The number of aliphatic hydroxyl groups excluding tert-OH is 1. The summed E-state index contributed by atoms with van der Waals surface area (Å²) >= 11 is 0. The van der Waals surface area contributed by atoms with Crippen LogP contribution >= 0.6 is 0 Å². The van der Waals surface area contributed by atoms with Crippen molar-refractivity contribution in [3.8, 4) is 0 Å². The average molecular weight is 243 g/mol. The molecule has 1 saturated carbocycles. The third-order valence-corrected chi connectivity index (χ3v) is 3.54. The zero-order valence-electron chi connectivity index (χ0n) is 11.8. The topological polar surface area (TPSA) is 41.5 Å². The fourth-order valence-corrected chi connectivity index (χ4v) is 2.49. The van der Waals surface area contributed by atoms with Crippen LogP contribution in [0.15, 0.2) is 0 Å². The summed E-state index contributed by atoms with van der Waals surface area (Å²) in [6, 6.07) is 0.382. The van der Waals surface area contributed by atoms with Crippen LogP contribution in [-0.4, -0.2) is 36.0 Å². The number of aliphatic hydroxyl groups is 1. The average Bonchev–Trinajstić information content (AvgIpc) is 3.08.